The van der Waals surface area contributed by atoms with Gasteiger partial charge >= 0.3 is 0 Å². The first-order valence-corrected chi connectivity index (χ1v) is 11.3. The lowest BCUT2D eigenvalue weighted by atomic mass is 9.85. The summed E-state index contributed by atoms with van der Waals surface area (Å²) < 4.78 is 0. The molecule has 0 aliphatic carbocycles. The van der Waals surface area contributed by atoms with Gasteiger partial charge in [0, 0.05) is 11.6 Å². The molecule has 0 bridgehead atoms. The van der Waals surface area contributed by atoms with Crippen molar-refractivity contribution in [3.8, 4) is 11.1 Å². The van der Waals surface area contributed by atoms with Gasteiger partial charge in [-0.3, -0.25) is 0 Å². The Morgan fingerprint density at radius 1 is 0.625 bits per heavy atom. The van der Waals surface area contributed by atoms with Crippen LogP contribution in [0.3, 0.4) is 0 Å². The summed E-state index contributed by atoms with van der Waals surface area (Å²) in [6, 6.07) is 38.3. The number of rotatable bonds is 8. The first-order chi connectivity index (χ1) is 15.5. The minimum absolute atomic E-state index is 0.0946. The van der Waals surface area contributed by atoms with Gasteiger partial charge in [-0.25, -0.2) is 0 Å². The van der Waals surface area contributed by atoms with E-state index >= 15 is 0 Å². The number of nitrogens with two attached hydrogens (primary N) is 2. The molecule has 162 valence electrons. The maximum atomic E-state index is 6.77. The maximum absolute atomic E-state index is 6.77. The van der Waals surface area contributed by atoms with Crippen LogP contribution in [0, 0.1) is 0 Å². The largest absolute Gasteiger partial charge is 0.327 e. The van der Waals surface area contributed by atoms with Crippen LogP contribution in [0.1, 0.15) is 29.2 Å². The maximum Gasteiger partial charge on any atom is 0.0422 e. The van der Waals surface area contributed by atoms with Gasteiger partial charge in [-0.2, -0.15) is 0 Å². The molecule has 4 rings (SSSR count). The molecular formula is C30H32N2. The monoisotopic (exact) mass is 420 g/mol. The molecule has 2 atom stereocenters. The van der Waals surface area contributed by atoms with Crippen molar-refractivity contribution < 1.29 is 0 Å². The molecule has 0 aromatic heterocycles. The van der Waals surface area contributed by atoms with Crippen LogP contribution in [0.15, 0.2) is 109 Å². The minimum atomic E-state index is -0.437. The van der Waals surface area contributed by atoms with E-state index < -0.39 is 5.54 Å². The zero-order valence-electron chi connectivity index (χ0n) is 18.7. The van der Waals surface area contributed by atoms with Gasteiger partial charge in [0.1, 0.15) is 0 Å². The summed E-state index contributed by atoms with van der Waals surface area (Å²) in [4.78, 5) is 0. The molecule has 0 fully saturated rings. The lowest BCUT2D eigenvalue weighted by Crippen LogP contribution is -2.35. The van der Waals surface area contributed by atoms with E-state index in [1.165, 1.54) is 27.8 Å². The highest BCUT2D eigenvalue weighted by molar-refractivity contribution is 5.65. The average molecular weight is 421 g/mol. The highest BCUT2D eigenvalue weighted by atomic mass is 14.7. The summed E-state index contributed by atoms with van der Waals surface area (Å²) in [5.41, 5.74) is 20.1. The highest BCUT2D eigenvalue weighted by Gasteiger charge is 2.22. The molecular weight excluding hydrogens is 388 g/mol. The number of hydrogen-bond acceptors (Lipinski definition) is 2. The number of hydrogen-bond donors (Lipinski definition) is 2. The predicted molar refractivity (Wildman–Crippen MR) is 135 cm³/mol. The van der Waals surface area contributed by atoms with E-state index in [-0.39, 0.29) is 6.04 Å². The molecule has 0 radical (unpaired) electrons. The Kier molecular flexibility index (Phi) is 6.84. The molecule has 0 saturated heterocycles. The smallest absolute Gasteiger partial charge is 0.0422 e. The molecule has 4 aromatic carbocycles. The van der Waals surface area contributed by atoms with Crippen LogP contribution in [0.25, 0.3) is 11.1 Å². The molecule has 2 unspecified atom stereocenters. The van der Waals surface area contributed by atoms with Gasteiger partial charge in [0.2, 0.25) is 0 Å². The van der Waals surface area contributed by atoms with Gasteiger partial charge in [0.05, 0.1) is 0 Å². The summed E-state index contributed by atoms with van der Waals surface area (Å²) in [7, 11) is 0. The van der Waals surface area contributed by atoms with E-state index in [1.54, 1.807) is 0 Å². The first kappa shape index (κ1) is 22.0. The molecule has 4 N–H and O–H groups in total. The fourth-order valence-electron chi connectivity index (χ4n) is 4.35. The fraction of sp³-hybridized carbons (Fsp3) is 0.200. The molecule has 32 heavy (non-hydrogen) atoms. The second kappa shape index (κ2) is 9.95. The predicted octanol–water partition coefficient (Wildman–Crippen LogP) is 5.88. The second-order valence-corrected chi connectivity index (χ2v) is 9.01. The van der Waals surface area contributed by atoms with Gasteiger partial charge in [-0.15, -0.1) is 0 Å². The average Bonchev–Trinajstić information content (AvgIpc) is 2.80. The standard InChI is InChI=1S/C30H32N2/c1-30(32,22-24-12-6-3-7-13-24)28-17-9-16-27(21-28)26-15-8-14-25(18-26)20-29(31)19-23-10-4-2-5-11-23/h2-18,21,29H,19-20,22,31-32H2,1H3. The van der Waals surface area contributed by atoms with Crippen molar-refractivity contribution in [1.82, 2.24) is 0 Å². The van der Waals surface area contributed by atoms with Crippen LogP contribution in [-0.2, 0) is 24.8 Å². The summed E-state index contributed by atoms with van der Waals surface area (Å²) in [5, 5.41) is 0. The Hall–Kier alpha value is -3.20. The SMILES string of the molecule is CC(N)(Cc1ccccc1)c1cccc(-c2cccc(CC(N)Cc3ccccc3)c2)c1. The summed E-state index contributed by atoms with van der Waals surface area (Å²) in [6.07, 6.45) is 2.53. The molecule has 0 spiro atoms. The first-order valence-electron chi connectivity index (χ1n) is 11.3. The summed E-state index contributed by atoms with van der Waals surface area (Å²) in [5.74, 6) is 0. The molecule has 0 saturated carbocycles. The van der Waals surface area contributed by atoms with E-state index in [4.69, 9.17) is 11.5 Å². The van der Waals surface area contributed by atoms with Crippen molar-refractivity contribution >= 4 is 0 Å². The lowest BCUT2D eigenvalue weighted by molar-refractivity contribution is 0.491. The van der Waals surface area contributed by atoms with Gasteiger partial charge in [-0.1, -0.05) is 103 Å². The number of benzene rings is 4. The van der Waals surface area contributed by atoms with Crippen molar-refractivity contribution in [3.05, 3.63) is 131 Å². The summed E-state index contributed by atoms with van der Waals surface area (Å²) in [6.45, 7) is 2.11. The van der Waals surface area contributed by atoms with Gasteiger partial charge in [0.15, 0.2) is 0 Å². The lowest BCUT2D eigenvalue weighted by Gasteiger charge is -2.26. The van der Waals surface area contributed by atoms with E-state index in [0.717, 1.165) is 24.8 Å². The van der Waals surface area contributed by atoms with E-state index in [9.17, 15) is 0 Å². The third kappa shape index (κ3) is 5.73. The van der Waals surface area contributed by atoms with Gasteiger partial charge < -0.3 is 11.5 Å². The highest BCUT2D eigenvalue weighted by Crippen LogP contribution is 2.28. The van der Waals surface area contributed by atoms with Crippen LogP contribution < -0.4 is 11.5 Å². The Morgan fingerprint density at radius 2 is 1.16 bits per heavy atom. The van der Waals surface area contributed by atoms with Crippen molar-refractivity contribution in [2.24, 2.45) is 11.5 Å². The van der Waals surface area contributed by atoms with Crippen molar-refractivity contribution in [1.29, 1.82) is 0 Å². The van der Waals surface area contributed by atoms with E-state index in [2.05, 4.69) is 104 Å². The quantitative estimate of drug-likeness (QED) is 0.374. The van der Waals surface area contributed by atoms with Crippen LogP contribution in [0.2, 0.25) is 0 Å². The molecule has 0 aliphatic rings. The van der Waals surface area contributed by atoms with Crippen molar-refractivity contribution in [2.45, 2.75) is 37.8 Å². The third-order valence-electron chi connectivity index (χ3n) is 6.04. The van der Waals surface area contributed by atoms with E-state index in [1.807, 2.05) is 12.1 Å². The van der Waals surface area contributed by atoms with Gasteiger partial charge in [0.25, 0.3) is 0 Å². The molecule has 0 aliphatic heterocycles. The van der Waals surface area contributed by atoms with Crippen molar-refractivity contribution in [2.75, 3.05) is 0 Å². The van der Waals surface area contributed by atoms with Crippen LogP contribution in [0.4, 0.5) is 0 Å². The Morgan fingerprint density at radius 3 is 1.84 bits per heavy atom. The second-order valence-electron chi connectivity index (χ2n) is 9.01. The zero-order valence-corrected chi connectivity index (χ0v) is 18.7. The van der Waals surface area contributed by atoms with Crippen LogP contribution in [-0.4, -0.2) is 6.04 Å². The van der Waals surface area contributed by atoms with Crippen molar-refractivity contribution in [3.63, 3.8) is 0 Å². The Labute approximate surface area is 191 Å². The van der Waals surface area contributed by atoms with Crippen LogP contribution in [0.5, 0.6) is 0 Å². The fourth-order valence-corrected chi connectivity index (χ4v) is 4.35. The Balaban J connectivity index is 1.50. The van der Waals surface area contributed by atoms with Crippen LogP contribution >= 0.6 is 0 Å². The molecule has 2 heteroatoms. The molecule has 0 heterocycles. The Bertz CT molecular complexity index is 1130. The zero-order chi connectivity index (χ0) is 22.4. The summed E-state index contributed by atoms with van der Waals surface area (Å²) >= 11 is 0. The third-order valence-corrected chi connectivity index (χ3v) is 6.04. The molecule has 0 amide bonds. The molecule has 2 nitrogen and oxygen atoms in total. The normalized spacial score (nSPS) is 14.0. The minimum Gasteiger partial charge on any atom is -0.327 e. The van der Waals surface area contributed by atoms with Gasteiger partial charge in [-0.05, 0) is 65.6 Å². The molecule has 4 aromatic rings. The van der Waals surface area contributed by atoms with E-state index in [0.29, 0.717) is 0 Å². The topological polar surface area (TPSA) is 52.0 Å².